The SMILES string of the molecule is COc1ccc(C(=O)NCC(C)(C)OC)c(O)c1. The van der Waals surface area contributed by atoms with Crippen molar-refractivity contribution in [3.05, 3.63) is 23.8 Å². The maximum Gasteiger partial charge on any atom is 0.255 e. The zero-order valence-electron chi connectivity index (χ0n) is 11.1. The zero-order valence-corrected chi connectivity index (χ0v) is 11.1. The molecule has 0 saturated heterocycles. The fraction of sp³-hybridized carbons (Fsp3) is 0.462. The van der Waals surface area contributed by atoms with Crippen molar-refractivity contribution in [3.63, 3.8) is 0 Å². The molecule has 0 aliphatic heterocycles. The van der Waals surface area contributed by atoms with Crippen molar-refractivity contribution in [1.82, 2.24) is 5.32 Å². The van der Waals surface area contributed by atoms with Gasteiger partial charge in [-0.15, -0.1) is 0 Å². The highest BCUT2D eigenvalue weighted by Crippen LogP contribution is 2.23. The number of nitrogens with one attached hydrogen (secondary N) is 1. The number of rotatable bonds is 5. The molecular weight excluding hydrogens is 234 g/mol. The van der Waals surface area contributed by atoms with E-state index in [4.69, 9.17) is 9.47 Å². The fourth-order valence-electron chi connectivity index (χ4n) is 1.29. The normalized spacial score (nSPS) is 11.1. The third-order valence-electron chi connectivity index (χ3n) is 2.68. The Morgan fingerprint density at radius 2 is 2.06 bits per heavy atom. The Bertz CT molecular complexity index is 429. The number of hydrogen-bond donors (Lipinski definition) is 2. The molecule has 18 heavy (non-hydrogen) atoms. The summed E-state index contributed by atoms with van der Waals surface area (Å²) in [6, 6.07) is 4.54. The first-order valence-corrected chi connectivity index (χ1v) is 5.60. The minimum Gasteiger partial charge on any atom is -0.507 e. The lowest BCUT2D eigenvalue weighted by atomic mass is 10.1. The predicted molar refractivity (Wildman–Crippen MR) is 68.1 cm³/mol. The Morgan fingerprint density at radius 3 is 2.56 bits per heavy atom. The summed E-state index contributed by atoms with van der Waals surface area (Å²) in [5.74, 6) is 0.0450. The second-order valence-electron chi connectivity index (χ2n) is 4.53. The molecule has 5 heteroatoms. The minimum atomic E-state index is -0.447. The van der Waals surface area contributed by atoms with Crippen LogP contribution < -0.4 is 10.1 Å². The van der Waals surface area contributed by atoms with E-state index in [9.17, 15) is 9.90 Å². The van der Waals surface area contributed by atoms with E-state index in [1.165, 1.54) is 19.2 Å². The molecule has 0 atom stereocenters. The third-order valence-corrected chi connectivity index (χ3v) is 2.68. The topological polar surface area (TPSA) is 67.8 Å². The van der Waals surface area contributed by atoms with E-state index in [-0.39, 0.29) is 17.2 Å². The number of benzene rings is 1. The van der Waals surface area contributed by atoms with E-state index >= 15 is 0 Å². The Labute approximate surface area is 107 Å². The van der Waals surface area contributed by atoms with Gasteiger partial charge in [0.15, 0.2) is 0 Å². The molecular formula is C13H19NO4. The van der Waals surface area contributed by atoms with Crippen molar-refractivity contribution in [2.45, 2.75) is 19.4 Å². The van der Waals surface area contributed by atoms with Crippen molar-refractivity contribution in [1.29, 1.82) is 0 Å². The summed E-state index contributed by atoms with van der Waals surface area (Å²) in [5, 5.41) is 12.4. The Kier molecular flexibility index (Phi) is 4.55. The van der Waals surface area contributed by atoms with Crippen molar-refractivity contribution in [2.24, 2.45) is 0 Å². The summed E-state index contributed by atoms with van der Waals surface area (Å²) in [6.07, 6.45) is 0. The van der Waals surface area contributed by atoms with Gasteiger partial charge >= 0.3 is 0 Å². The van der Waals surface area contributed by atoms with Crippen LogP contribution in [0.4, 0.5) is 0 Å². The number of amides is 1. The van der Waals surface area contributed by atoms with E-state index in [2.05, 4.69) is 5.32 Å². The summed E-state index contributed by atoms with van der Waals surface area (Å²) in [5.41, 5.74) is -0.236. The number of ether oxygens (including phenoxy) is 2. The van der Waals surface area contributed by atoms with Crippen LogP contribution in [0.3, 0.4) is 0 Å². The first kappa shape index (κ1) is 14.3. The summed E-state index contributed by atoms with van der Waals surface area (Å²) in [7, 11) is 3.08. The van der Waals surface area contributed by atoms with Crippen LogP contribution in [0, 0.1) is 0 Å². The Morgan fingerprint density at radius 1 is 1.39 bits per heavy atom. The summed E-state index contributed by atoms with van der Waals surface area (Å²) in [4.78, 5) is 11.9. The van der Waals surface area contributed by atoms with Crippen LogP contribution in [0.1, 0.15) is 24.2 Å². The van der Waals surface area contributed by atoms with Crippen LogP contribution in [0.5, 0.6) is 11.5 Å². The lowest BCUT2D eigenvalue weighted by molar-refractivity contribution is 0.0228. The lowest BCUT2D eigenvalue weighted by Gasteiger charge is -2.23. The van der Waals surface area contributed by atoms with Gasteiger partial charge in [0.1, 0.15) is 11.5 Å². The molecule has 0 aromatic heterocycles. The molecule has 0 bridgehead atoms. The molecule has 0 aliphatic carbocycles. The molecule has 100 valence electrons. The third kappa shape index (κ3) is 3.63. The van der Waals surface area contributed by atoms with Crippen LogP contribution in [-0.2, 0) is 4.74 Å². The fourth-order valence-corrected chi connectivity index (χ4v) is 1.29. The first-order valence-electron chi connectivity index (χ1n) is 5.60. The molecule has 5 nitrogen and oxygen atoms in total. The second-order valence-corrected chi connectivity index (χ2v) is 4.53. The zero-order chi connectivity index (χ0) is 13.8. The standard InChI is InChI=1S/C13H19NO4/c1-13(2,18-4)8-14-12(16)10-6-5-9(17-3)7-11(10)15/h5-7,15H,8H2,1-4H3,(H,14,16). The molecule has 0 heterocycles. The van der Waals surface area contributed by atoms with Gasteiger partial charge in [-0.25, -0.2) is 0 Å². The van der Waals surface area contributed by atoms with Gasteiger partial charge in [-0.2, -0.15) is 0 Å². The molecule has 1 aromatic rings. The van der Waals surface area contributed by atoms with Crippen LogP contribution in [-0.4, -0.2) is 37.4 Å². The number of methoxy groups -OCH3 is 2. The van der Waals surface area contributed by atoms with Gasteiger partial charge in [-0.05, 0) is 26.0 Å². The minimum absolute atomic E-state index is 0.109. The smallest absolute Gasteiger partial charge is 0.255 e. The number of phenols is 1. The van der Waals surface area contributed by atoms with Crippen LogP contribution in [0.2, 0.25) is 0 Å². The summed E-state index contributed by atoms with van der Waals surface area (Å²) < 4.78 is 10.1. The van der Waals surface area contributed by atoms with Crippen LogP contribution in [0.15, 0.2) is 18.2 Å². The average Bonchev–Trinajstić information content (AvgIpc) is 2.36. The van der Waals surface area contributed by atoms with Gasteiger partial charge in [-0.3, -0.25) is 4.79 Å². The molecule has 0 unspecified atom stereocenters. The molecule has 0 spiro atoms. The highest BCUT2D eigenvalue weighted by molar-refractivity contribution is 5.97. The van der Waals surface area contributed by atoms with E-state index in [0.717, 1.165) is 0 Å². The number of aromatic hydroxyl groups is 1. The van der Waals surface area contributed by atoms with Crippen molar-refractivity contribution < 1.29 is 19.4 Å². The number of carbonyl (C=O) groups excluding carboxylic acids is 1. The largest absolute Gasteiger partial charge is 0.507 e. The van der Waals surface area contributed by atoms with Gasteiger partial charge in [0.2, 0.25) is 0 Å². The van der Waals surface area contributed by atoms with Crippen molar-refractivity contribution in [3.8, 4) is 11.5 Å². The molecule has 0 fully saturated rings. The Balaban J connectivity index is 2.73. The maximum atomic E-state index is 11.9. The number of carbonyl (C=O) groups is 1. The first-order chi connectivity index (χ1) is 8.39. The van der Waals surface area contributed by atoms with Crippen LogP contribution >= 0.6 is 0 Å². The lowest BCUT2D eigenvalue weighted by Crippen LogP contribution is -2.39. The van der Waals surface area contributed by atoms with Gasteiger partial charge < -0.3 is 19.9 Å². The molecule has 0 radical (unpaired) electrons. The monoisotopic (exact) mass is 253 g/mol. The van der Waals surface area contributed by atoms with E-state index in [1.54, 1.807) is 13.2 Å². The molecule has 1 aromatic carbocycles. The molecule has 0 saturated carbocycles. The van der Waals surface area contributed by atoms with Gasteiger partial charge in [-0.1, -0.05) is 0 Å². The predicted octanol–water partition coefficient (Wildman–Crippen LogP) is 1.56. The van der Waals surface area contributed by atoms with E-state index < -0.39 is 5.60 Å². The van der Waals surface area contributed by atoms with Crippen LogP contribution in [0.25, 0.3) is 0 Å². The van der Waals surface area contributed by atoms with Crippen molar-refractivity contribution >= 4 is 5.91 Å². The van der Waals surface area contributed by atoms with E-state index in [1.807, 2.05) is 13.8 Å². The van der Waals surface area contributed by atoms with Gasteiger partial charge in [0.05, 0.1) is 18.3 Å². The maximum absolute atomic E-state index is 11.9. The van der Waals surface area contributed by atoms with Crippen molar-refractivity contribution in [2.75, 3.05) is 20.8 Å². The highest BCUT2D eigenvalue weighted by Gasteiger charge is 2.19. The van der Waals surface area contributed by atoms with E-state index in [0.29, 0.717) is 12.3 Å². The number of hydrogen-bond acceptors (Lipinski definition) is 4. The molecule has 0 aliphatic rings. The molecule has 1 amide bonds. The molecule has 1 rings (SSSR count). The van der Waals surface area contributed by atoms with Gasteiger partial charge in [0, 0.05) is 19.7 Å². The van der Waals surface area contributed by atoms with Gasteiger partial charge in [0.25, 0.3) is 5.91 Å². The quantitative estimate of drug-likeness (QED) is 0.835. The molecule has 2 N–H and O–H groups in total. The Hall–Kier alpha value is -1.75. The highest BCUT2D eigenvalue weighted by atomic mass is 16.5. The number of phenolic OH excluding ortho intramolecular Hbond substituents is 1. The summed E-state index contributed by atoms with van der Waals surface area (Å²) in [6.45, 7) is 4.08. The summed E-state index contributed by atoms with van der Waals surface area (Å²) >= 11 is 0. The average molecular weight is 253 g/mol. The second kappa shape index (κ2) is 5.73.